The van der Waals surface area contributed by atoms with Crippen LogP contribution in [0.5, 0.6) is 0 Å². The molecule has 2 N–H and O–H groups in total. The van der Waals surface area contributed by atoms with Gasteiger partial charge in [-0.2, -0.15) is 11.8 Å². The normalized spacial score (nSPS) is 18.5. The summed E-state index contributed by atoms with van der Waals surface area (Å²) in [6.07, 6.45) is 3.27. The monoisotopic (exact) mass is 396 g/mol. The van der Waals surface area contributed by atoms with Crippen molar-refractivity contribution in [1.82, 2.24) is 9.80 Å². The van der Waals surface area contributed by atoms with Gasteiger partial charge in [0, 0.05) is 25.5 Å². The maximum absolute atomic E-state index is 12.8. The van der Waals surface area contributed by atoms with E-state index >= 15 is 0 Å². The average molecular weight is 397 g/mol. The smallest absolute Gasteiger partial charge is 0.257 e. The number of nitrogens with two attached hydrogens (primary N) is 1. The van der Waals surface area contributed by atoms with E-state index in [0.29, 0.717) is 36.5 Å². The molecule has 3 heterocycles. The van der Waals surface area contributed by atoms with E-state index in [9.17, 15) is 14.4 Å². The third kappa shape index (κ3) is 3.35. The van der Waals surface area contributed by atoms with Crippen LogP contribution in [-0.2, 0) is 22.6 Å². The molecule has 3 rings (SSSR count). The SMILES string of the molecule is CSCC[C@H](N)C(=O)N1CCc2c(sc3c2C(=O)N(C)CC(=O)N3C)C1. The van der Waals surface area contributed by atoms with Crippen LogP contribution in [0.4, 0.5) is 5.00 Å². The van der Waals surface area contributed by atoms with Crippen molar-refractivity contribution in [2.24, 2.45) is 5.73 Å². The summed E-state index contributed by atoms with van der Waals surface area (Å²) in [4.78, 5) is 43.4. The summed E-state index contributed by atoms with van der Waals surface area (Å²) in [5, 5.41) is 0.690. The summed E-state index contributed by atoms with van der Waals surface area (Å²) >= 11 is 3.11. The third-order valence-electron chi connectivity index (χ3n) is 4.91. The minimum atomic E-state index is -0.487. The Bertz CT molecular complexity index is 749. The second-order valence-corrected chi connectivity index (χ2v) is 8.76. The highest BCUT2D eigenvalue weighted by molar-refractivity contribution is 7.98. The molecule has 0 aliphatic carbocycles. The number of anilines is 1. The number of carbonyl (C=O) groups excluding carboxylic acids is 3. The highest BCUT2D eigenvalue weighted by Gasteiger charge is 2.36. The van der Waals surface area contributed by atoms with Gasteiger partial charge in [-0.1, -0.05) is 0 Å². The van der Waals surface area contributed by atoms with E-state index in [4.69, 9.17) is 5.73 Å². The minimum absolute atomic E-state index is 0.0406. The second-order valence-electron chi connectivity index (χ2n) is 6.70. The van der Waals surface area contributed by atoms with E-state index in [2.05, 4.69) is 0 Å². The van der Waals surface area contributed by atoms with Crippen LogP contribution in [0.3, 0.4) is 0 Å². The number of rotatable bonds is 4. The van der Waals surface area contributed by atoms with Gasteiger partial charge < -0.3 is 20.4 Å². The van der Waals surface area contributed by atoms with Gasteiger partial charge in [0.2, 0.25) is 11.8 Å². The van der Waals surface area contributed by atoms with E-state index in [1.165, 1.54) is 16.2 Å². The Hall–Kier alpha value is -1.58. The molecule has 0 aromatic carbocycles. The first-order valence-electron chi connectivity index (χ1n) is 8.55. The quantitative estimate of drug-likeness (QED) is 0.812. The molecule has 1 aromatic heterocycles. The number of thioether (sulfide) groups is 1. The molecular weight excluding hydrogens is 372 g/mol. The molecule has 0 radical (unpaired) electrons. The maximum atomic E-state index is 12.8. The molecule has 7 nitrogen and oxygen atoms in total. The van der Waals surface area contributed by atoms with Gasteiger partial charge in [0.1, 0.15) is 11.5 Å². The molecule has 0 saturated carbocycles. The number of nitrogens with zero attached hydrogens (tertiary/aromatic N) is 3. The molecule has 0 fully saturated rings. The number of carbonyl (C=O) groups is 3. The predicted molar refractivity (Wildman–Crippen MR) is 105 cm³/mol. The van der Waals surface area contributed by atoms with E-state index in [1.807, 2.05) is 6.26 Å². The maximum Gasteiger partial charge on any atom is 0.257 e. The fourth-order valence-electron chi connectivity index (χ4n) is 3.32. The van der Waals surface area contributed by atoms with Crippen molar-refractivity contribution in [1.29, 1.82) is 0 Å². The van der Waals surface area contributed by atoms with Crippen molar-refractivity contribution in [2.45, 2.75) is 25.4 Å². The van der Waals surface area contributed by atoms with Crippen molar-refractivity contribution < 1.29 is 14.4 Å². The number of hydrogen-bond acceptors (Lipinski definition) is 6. The van der Waals surface area contributed by atoms with Crippen molar-refractivity contribution in [3.05, 3.63) is 16.0 Å². The van der Waals surface area contributed by atoms with Crippen molar-refractivity contribution in [2.75, 3.05) is 44.1 Å². The van der Waals surface area contributed by atoms with Gasteiger partial charge in [0.25, 0.3) is 5.91 Å². The van der Waals surface area contributed by atoms with E-state index in [-0.39, 0.29) is 24.3 Å². The lowest BCUT2D eigenvalue weighted by Crippen LogP contribution is -2.46. The van der Waals surface area contributed by atoms with E-state index < -0.39 is 6.04 Å². The molecule has 26 heavy (non-hydrogen) atoms. The van der Waals surface area contributed by atoms with Gasteiger partial charge in [0.05, 0.1) is 18.2 Å². The largest absolute Gasteiger partial charge is 0.336 e. The summed E-state index contributed by atoms with van der Waals surface area (Å²) in [5.41, 5.74) is 7.64. The van der Waals surface area contributed by atoms with Gasteiger partial charge in [0.15, 0.2) is 0 Å². The fraction of sp³-hybridized carbons (Fsp3) is 0.588. The van der Waals surface area contributed by atoms with Gasteiger partial charge in [-0.15, -0.1) is 11.3 Å². The van der Waals surface area contributed by atoms with Crippen LogP contribution < -0.4 is 10.6 Å². The van der Waals surface area contributed by atoms with E-state index in [0.717, 1.165) is 16.2 Å². The Labute approximate surface area is 161 Å². The van der Waals surface area contributed by atoms with E-state index in [1.54, 1.807) is 35.7 Å². The summed E-state index contributed by atoms with van der Waals surface area (Å²) < 4.78 is 0. The van der Waals surface area contributed by atoms with Crippen LogP contribution in [0.15, 0.2) is 0 Å². The van der Waals surface area contributed by atoms with Gasteiger partial charge in [-0.25, -0.2) is 0 Å². The zero-order chi connectivity index (χ0) is 19.0. The molecule has 0 bridgehead atoms. The molecule has 0 unspecified atom stereocenters. The first-order valence-corrected chi connectivity index (χ1v) is 10.8. The molecule has 0 spiro atoms. The first kappa shape index (κ1) is 19.2. The molecule has 2 aliphatic rings. The molecular formula is C17H24N4O3S2. The van der Waals surface area contributed by atoms with Crippen molar-refractivity contribution >= 4 is 45.8 Å². The Morgan fingerprint density at radius 1 is 1.31 bits per heavy atom. The summed E-state index contributed by atoms with van der Waals surface area (Å²) in [7, 11) is 3.35. The average Bonchev–Trinajstić information content (AvgIpc) is 2.98. The Morgan fingerprint density at radius 2 is 2.04 bits per heavy atom. The lowest BCUT2D eigenvalue weighted by atomic mass is 10.0. The molecule has 2 aliphatic heterocycles. The standard InChI is InChI=1S/C17H24N4O3S2/c1-19-9-13(22)20(2)17-14(16(19)24)10-4-6-21(8-12(10)26-17)15(23)11(18)5-7-25-3/h11H,4-9,18H2,1-3H3/t11-/m0/s1. The lowest BCUT2D eigenvalue weighted by molar-refractivity contribution is -0.133. The van der Waals surface area contributed by atoms with Crippen LogP contribution in [0.25, 0.3) is 0 Å². The number of hydrogen-bond donors (Lipinski definition) is 1. The van der Waals surface area contributed by atoms with Crippen LogP contribution >= 0.6 is 23.1 Å². The third-order valence-corrected chi connectivity index (χ3v) is 6.85. The first-order chi connectivity index (χ1) is 12.3. The molecule has 0 saturated heterocycles. The van der Waals surface area contributed by atoms with Crippen LogP contribution in [0, 0.1) is 0 Å². The van der Waals surface area contributed by atoms with Crippen LogP contribution in [-0.4, -0.2) is 72.8 Å². The fourth-order valence-corrected chi connectivity index (χ4v) is 5.14. The lowest BCUT2D eigenvalue weighted by Gasteiger charge is -2.29. The zero-order valence-corrected chi connectivity index (χ0v) is 16.9. The number of fused-ring (bicyclic) bond motifs is 3. The predicted octanol–water partition coefficient (Wildman–Crippen LogP) is 0.762. The summed E-state index contributed by atoms with van der Waals surface area (Å²) in [5.74, 6) is 0.588. The van der Waals surface area contributed by atoms with Crippen molar-refractivity contribution in [3.8, 4) is 0 Å². The van der Waals surface area contributed by atoms with Crippen molar-refractivity contribution in [3.63, 3.8) is 0 Å². The zero-order valence-electron chi connectivity index (χ0n) is 15.3. The summed E-state index contributed by atoms with van der Waals surface area (Å²) in [6.45, 7) is 1.09. The molecule has 142 valence electrons. The van der Waals surface area contributed by atoms with Crippen LogP contribution in [0.1, 0.15) is 27.2 Å². The highest BCUT2D eigenvalue weighted by Crippen LogP contribution is 2.40. The Kier molecular flexibility index (Phi) is 5.59. The minimum Gasteiger partial charge on any atom is -0.336 e. The Morgan fingerprint density at radius 3 is 2.73 bits per heavy atom. The van der Waals surface area contributed by atoms with Gasteiger partial charge in [-0.3, -0.25) is 14.4 Å². The van der Waals surface area contributed by atoms with Crippen LogP contribution in [0.2, 0.25) is 0 Å². The molecule has 1 aromatic rings. The molecule has 1 atom stereocenters. The van der Waals surface area contributed by atoms with Gasteiger partial charge in [-0.05, 0) is 30.4 Å². The highest BCUT2D eigenvalue weighted by atomic mass is 32.2. The second kappa shape index (κ2) is 7.58. The topological polar surface area (TPSA) is 87.0 Å². The number of likely N-dealkylation sites (N-methyl/N-ethyl adjacent to an activating group) is 2. The molecule has 3 amide bonds. The summed E-state index contributed by atoms with van der Waals surface area (Å²) in [6, 6.07) is -0.487. The number of amides is 3. The van der Waals surface area contributed by atoms with Gasteiger partial charge >= 0.3 is 0 Å². The number of thiophene rings is 1. The Balaban J connectivity index is 1.87. The molecule has 9 heteroatoms.